The number of ether oxygens (including phenoxy) is 1. The summed E-state index contributed by atoms with van der Waals surface area (Å²) in [4.78, 5) is 15.4. The maximum Gasteiger partial charge on any atom is 0.272 e. The van der Waals surface area contributed by atoms with Gasteiger partial charge in [0.2, 0.25) is 6.10 Å². The number of nitrogens with zero attached hydrogens (tertiary/aromatic N) is 1. The highest BCUT2D eigenvalue weighted by atomic mass is 16.5. The van der Waals surface area contributed by atoms with E-state index in [1.165, 1.54) is 19.3 Å². The van der Waals surface area contributed by atoms with E-state index in [1.54, 1.807) is 23.1 Å². The van der Waals surface area contributed by atoms with E-state index in [0.717, 1.165) is 31.2 Å². The maximum absolute atomic E-state index is 13.6. The number of aliphatic hydroxyl groups excluding tert-OH is 1. The molecule has 0 saturated carbocycles. The van der Waals surface area contributed by atoms with Gasteiger partial charge in [-0.05, 0) is 63.3 Å². The predicted octanol–water partition coefficient (Wildman–Crippen LogP) is 4.41. The van der Waals surface area contributed by atoms with Gasteiger partial charge in [-0.2, -0.15) is 0 Å². The van der Waals surface area contributed by atoms with Crippen molar-refractivity contribution >= 4 is 17.4 Å². The van der Waals surface area contributed by atoms with Crippen LogP contribution in [0.5, 0.6) is 5.75 Å². The number of benzene rings is 2. The first kappa shape index (κ1) is 25.2. The monoisotopic (exact) mass is 478 g/mol. The number of amides is 1. The van der Waals surface area contributed by atoms with Gasteiger partial charge in [0.1, 0.15) is 11.6 Å². The standard InChI is InChI=1S/C28H38N4O3/c1-19-8-7-14-28(2,31-19)13-4-3-5-15-32-23-16-20(18-33)11-12-24(23)35-25(27(32)34)21-9-6-10-22(17-21)26(29)30/h6,9-12,16-17,19,25,31,33H,3-5,7-8,13-15,18H2,1-2H3,(H3,29,30)/t19-,25?,28+/m0/s1. The number of piperidine rings is 1. The van der Waals surface area contributed by atoms with Gasteiger partial charge in [-0.15, -0.1) is 0 Å². The molecule has 0 spiro atoms. The van der Waals surface area contributed by atoms with Crippen LogP contribution in [-0.4, -0.2) is 35.0 Å². The summed E-state index contributed by atoms with van der Waals surface area (Å²) in [6.07, 6.45) is 7.13. The summed E-state index contributed by atoms with van der Waals surface area (Å²) in [5.74, 6) is 0.437. The topological polar surface area (TPSA) is 112 Å². The molecule has 3 atom stereocenters. The Balaban J connectivity index is 1.47. The smallest absolute Gasteiger partial charge is 0.272 e. The van der Waals surface area contributed by atoms with Gasteiger partial charge in [0.15, 0.2) is 0 Å². The SMILES string of the molecule is C[C@H]1CCC[C@@](C)(CCCCCN2C(=O)C(c3cccc(C(=N)N)c3)Oc3ccc(CO)cc32)N1. The van der Waals surface area contributed by atoms with Crippen molar-refractivity contribution < 1.29 is 14.6 Å². The molecule has 188 valence electrons. The van der Waals surface area contributed by atoms with Gasteiger partial charge in [-0.1, -0.05) is 43.5 Å². The van der Waals surface area contributed by atoms with Crippen LogP contribution >= 0.6 is 0 Å². The summed E-state index contributed by atoms with van der Waals surface area (Å²) >= 11 is 0. The summed E-state index contributed by atoms with van der Waals surface area (Å²) in [6.45, 7) is 5.10. The van der Waals surface area contributed by atoms with Crippen molar-refractivity contribution in [1.29, 1.82) is 5.41 Å². The minimum atomic E-state index is -0.798. The fraction of sp³-hybridized carbons (Fsp3) is 0.500. The molecule has 2 aromatic rings. The van der Waals surface area contributed by atoms with Crippen LogP contribution < -0.4 is 20.7 Å². The van der Waals surface area contributed by atoms with Crippen LogP contribution in [0.15, 0.2) is 42.5 Å². The van der Waals surface area contributed by atoms with Gasteiger partial charge in [-0.25, -0.2) is 0 Å². The molecule has 2 aliphatic rings. The molecule has 5 N–H and O–H groups in total. The predicted molar refractivity (Wildman–Crippen MR) is 139 cm³/mol. The number of nitrogens with one attached hydrogen (secondary N) is 2. The molecule has 1 unspecified atom stereocenters. The fourth-order valence-electron chi connectivity index (χ4n) is 5.42. The van der Waals surface area contributed by atoms with Crippen molar-refractivity contribution in [3.63, 3.8) is 0 Å². The second-order valence-corrected chi connectivity index (χ2v) is 10.3. The first-order valence-electron chi connectivity index (χ1n) is 12.7. The number of amidine groups is 1. The minimum Gasteiger partial charge on any atom is -0.474 e. The van der Waals surface area contributed by atoms with Gasteiger partial charge >= 0.3 is 0 Å². The molecule has 0 aromatic heterocycles. The van der Waals surface area contributed by atoms with Gasteiger partial charge < -0.3 is 25.8 Å². The van der Waals surface area contributed by atoms with Crippen LogP contribution in [0.3, 0.4) is 0 Å². The Bertz CT molecular complexity index is 1070. The summed E-state index contributed by atoms with van der Waals surface area (Å²) in [6, 6.07) is 13.2. The normalized spacial score (nSPS) is 24.1. The molecule has 2 aromatic carbocycles. The Morgan fingerprint density at radius 2 is 2.09 bits per heavy atom. The molecular formula is C28H38N4O3. The number of carbonyl (C=O) groups excluding carboxylic acids is 1. The van der Waals surface area contributed by atoms with E-state index in [2.05, 4.69) is 19.2 Å². The van der Waals surface area contributed by atoms with Crippen LogP contribution in [0, 0.1) is 5.41 Å². The Kier molecular flexibility index (Phi) is 7.77. The zero-order valence-electron chi connectivity index (χ0n) is 20.8. The first-order valence-corrected chi connectivity index (χ1v) is 12.7. The van der Waals surface area contributed by atoms with Crippen LogP contribution in [0.4, 0.5) is 5.69 Å². The molecule has 35 heavy (non-hydrogen) atoms. The summed E-state index contributed by atoms with van der Waals surface area (Å²) < 4.78 is 6.13. The average Bonchev–Trinajstić information content (AvgIpc) is 2.84. The van der Waals surface area contributed by atoms with E-state index >= 15 is 0 Å². The number of hydrogen-bond donors (Lipinski definition) is 4. The van der Waals surface area contributed by atoms with E-state index in [-0.39, 0.29) is 23.9 Å². The highest BCUT2D eigenvalue weighted by Gasteiger charge is 2.36. The van der Waals surface area contributed by atoms with Crippen molar-refractivity contribution in [2.45, 2.75) is 83.1 Å². The maximum atomic E-state index is 13.6. The average molecular weight is 479 g/mol. The zero-order chi connectivity index (χ0) is 25.0. The Labute approximate surface area is 208 Å². The van der Waals surface area contributed by atoms with Gasteiger partial charge in [0, 0.05) is 29.3 Å². The number of anilines is 1. The molecule has 7 heteroatoms. The number of aliphatic hydroxyl groups is 1. The molecule has 1 saturated heterocycles. The van der Waals surface area contributed by atoms with Crippen molar-refractivity contribution in [1.82, 2.24) is 5.32 Å². The van der Waals surface area contributed by atoms with Gasteiger partial charge in [0.25, 0.3) is 5.91 Å². The summed E-state index contributed by atoms with van der Waals surface area (Å²) in [5.41, 5.74) is 8.56. The summed E-state index contributed by atoms with van der Waals surface area (Å²) in [5, 5.41) is 21.1. The van der Waals surface area contributed by atoms with E-state index < -0.39 is 6.10 Å². The molecule has 0 aliphatic carbocycles. The van der Waals surface area contributed by atoms with Crippen molar-refractivity contribution in [3.05, 3.63) is 59.2 Å². The molecule has 2 heterocycles. The lowest BCUT2D eigenvalue weighted by molar-refractivity contribution is -0.126. The molecule has 0 radical (unpaired) electrons. The van der Waals surface area contributed by atoms with Crippen molar-refractivity contribution in [2.24, 2.45) is 5.73 Å². The number of unbranched alkanes of at least 4 members (excludes halogenated alkanes) is 2. The first-order chi connectivity index (χ1) is 16.8. The zero-order valence-corrected chi connectivity index (χ0v) is 20.8. The van der Waals surface area contributed by atoms with E-state index in [9.17, 15) is 9.90 Å². The number of fused-ring (bicyclic) bond motifs is 1. The summed E-state index contributed by atoms with van der Waals surface area (Å²) in [7, 11) is 0. The van der Waals surface area contributed by atoms with E-state index in [1.807, 2.05) is 24.3 Å². The molecule has 0 bridgehead atoms. The molecular weight excluding hydrogens is 440 g/mol. The quantitative estimate of drug-likeness (QED) is 0.242. The van der Waals surface area contributed by atoms with E-state index in [0.29, 0.717) is 35.2 Å². The lowest BCUT2D eigenvalue weighted by Gasteiger charge is -2.39. The second-order valence-electron chi connectivity index (χ2n) is 10.3. The number of carbonyl (C=O) groups is 1. The number of nitrogen functional groups attached to an aromatic ring is 1. The van der Waals surface area contributed by atoms with Crippen LogP contribution in [0.2, 0.25) is 0 Å². The van der Waals surface area contributed by atoms with Crippen LogP contribution in [0.25, 0.3) is 0 Å². The van der Waals surface area contributed by atoms with Crippen molar-refractivity contribution in [2.75, 3.05) is 11.4 Å². The number of hydrogen-bond acceptors (Lipinski definition) is 5. The fourth-order valence-corrected chi connectivity index (χ4v) is 5.42. The van der Waals surface area contributed by atoms with Gasteiger partial charge in [-0.3, -0.25) is 10.2 Å². The van der Waals surface area contributed by atoms with Crippen LogP contribution in [0.1, 0.15) is 81.6 Å². The highest BCUT2D eigenvalue weighted by molar-refractivity contribution is 6.01. The highest BCUT2D eigenvalue weighted by Crippen LogP contribution is 2.40. The van der Waals surface area contributed by atoms with Crippen LogP contribution in [-0.2, 0) is 11.4 Å². The third-order valence-electron chi connectivity index (χ3n) is 7.30. The lowest BCUT2D eigenvalue weighted by Crippen LogP contribution is -2.50. The third kappa shape index (κ3) is 5.85. The van der Waals surface area contributed by atoms with E-state index in [4.69, 9.17) is 15.9 Å². The largest absolute Gasteiger partial charge is 0.474 e. The Hall–Kier alpha value is -2.90. The lowest BCUT2D eigenvalue weighted by atomic mass is 9.84. The molecule has 7 nitrogen and oxygen atoms in total. The minimum absolute atomic E-state index is 0.0458. The number of rotatable bonds is 9. The molecule has 4 rings (SSSR count). The Morgan fingerprint density at radius 1 is 1.26 bits per heavy atom. The third-order valence-corrected chi connectivity index (χ3v) is 7.30. The number of nitrogens with two attached hydrogens (primary N) is 1. The Morgan fingerprint density at radius 3 is 2.83 bits per heavy atom. The van der Waals surface area contributed by atoms with Gasteiger partial charge in [0.05, 0.1) is 12.3 Å². The molecule has 2 aliphatic heterocycles. The molecule has 1 fully saturated rings. The van der Waals surface area contributed by atoms with Crippen molar-refractivity contribution in [3.8, 4) is 5.75 Å². The second kappa shape index (κ2) is 10.8. The molecule has 1 amide bonds.